The van der Waals surface area contributed by atoms with Gasteiger partial charge in [0.05, 0.1) is 0 Å². The van der Waals surface area contributed by atoms with Gasteiger partial charge in [0.2, 0.25) is 6.41 Å². The fourth-order valence-corrected chi connectivity index (χ4v) is 4.66. The van der Waals surface area contributed by atoms with Crippen molar-refractivity contribution >= 4 is 6.41 Å². The highest BCUT2D eigenvalue weighted by molar-refractivity contribution is 5.62. The molecule has 1 fully saturated rings. The first-order valence-electron chi connectivity index (χ1n) is 14.2. The van der Waals surface area contributed by atoms with Crippen LogP contribution in [-0.2, 0) is 30.6 Å². The van der Waals surface area contributed by atoms with E-state index in [2.05, 4.69) is 71.9 Å². The summed E-state index contributed by atoms with van der Waals surface area (Å²) in [6.07, 6.45) is 9.90. The second kappa shape index (κ2) is 17.5. The molecule has 4 rings (SSSR count). The molecule has 0 aliphatic carbocycles. The Morgan fingerprint density at radius 3 is 2.05 bits per heavy atom. The van der Waals surface area contributed by atoms with Crippen molar-refractivity contribution in [1.82, 2.24) is 9.88 Å². The quantitative estimate of drug-likeness (QED) is 0.300. The topological polar surface area (TPSA) is 59.2 Å². The summed E-state index contributed by atoms with van der Waals surface area (Å²) in [6, 6.07) is 18.7. The molecular formula is C33H46FN3O. The molecule has 0 spiro atoms. The molecule has 0 unspecified atom stereocenters. The third-order valence-corrected chi connectivity index (χ3v) is 6.66. The summed E-state index contributed by atoms with van der Waals surface area (Å²) in [4.78, 5) is 15.8. The van der Waals surface area contributed by atoms with E-state index in [0.717, 1.165) is 54.6 Å². The van der Waals surface area contributed by atoms with E-state index in [1.54, 1.807) is 12.1 Å². The van der Waals surface area contributed by atoms with Crippen molar-refractivity contribution in [2.24, 2.45) is 11.7 Å². The minimum Gasteiger partial charge on any atom is -0.372 e. The van der Waals surface area contributed by atoms with Gasteiger partial charge in [-0.15, -0.1) is 0 Å². The molecule has 0 saturated carbocycles. The van der Waals surface area contributed by atoms with E-state index in [1.165, 1.54) is 43.5 Å². The minimum atomic E-state index is -0.127. The number of hydrogen-bond donors (Lipinski definition) is 1. The summed E-state index contributed by atoms with van der Waals surface area (Å²) in [7, 11) is 0. The van der Waals surface area contributed by atoms with Gasteiger partial charge in [0.25, 0.3) is 0 Å². The molecule has 1 aromatic heterocycles. The molecule has 4 nitrogen and oxygen atoms in total. The zero-order valence-electron chi connectivity index (χ0n) is 23.8. The van der Waals surface area contributed by atoms with Gasteiger partial charge in [-0.25, -0.2) is 4.39 Å². The van der Waals surface area contributed by atoms with E-state index in [4.69, 9.17) is 4.79 Å². The lowest BCUT2D eigenvalue weighted by Gasteiger charge is -2.26. The molecule has 1 aliphatic heterocycles. The highest BCUT2D eigenvalue weighted by Crippen LogP contribution is 2.21. The summed E-state index contributed by atoms with van der Waals surface area (Å²) in [5, 5.41) is 0. The van der Waals surface area contributed by atoms with Crippen LogP contribution in [-0.4, -0.2) is 29.4 Å². The number of nitrogens with two attached hydrogens (primary N) is 1. The van der Waals surface area contributed by atoms with Crippen molar-refractivity contribution in [3.63, 3.8) is 0 Å². The van der Waals surface area contributed by atoms with Gasteiger partial charge in [-0.3, -0.25) is 14.7 Å². The van der Waals surface area contributed by atoms with Crippen molar-refractivity contribution < 1.29 is 9.18 Å². The van der Waals surface area contributed by atoms with Gasteiger partial charge in [0.15, 0.2) is 0 Å². The van der Waals surface area contributed by atoms with Crippen molar-refractivity contribution in [2.75, 3.05) is 13.1 Å². The Labute approximate surface area is 229 Å². The molecular weight excluding hydrogens is 473 g/mol. The van der Waals surface area contributed by atoms with Crippen LogP contribution in [0.15, 0.2) is 60.8 Å². The van der Waals surface area contributed by atoms with Crippen LogP contribution in [0.4, 0.5) is 4.39 Å². The Morgan fingerprint density at radius 1 is 0.868 bits per heavy atom. The molecule has 2 N–H and O–H groups in total. The SMILES string of the molecule is CC.CC(C)CCc1cc(F)cc(CCc2ccc(-c3ccc(CN4CCCCC4)cc3)cn2)c1.NC=O. The molecule has 2 aromatic carbocycles. The van der Waals surface area contributed by atoms with Crippen molar-refractivity contribution in [1.29, 1.82) is 0 Å². The molecule has 1 saturated heterocycles. The van der Waals surface area contributed by atoms with Crippen LogP contribution in [0.1, 0.15) is 75.8 Å². The summed E-state index contributed by atoms with van der Waals surface area (Å²) in [6.45, 7) is 11.9. The first-order chi connectivity index (χ1) is 18.5. The fourth-order valence-electron chi connectivity index (χ4n) is 4.66. The standard InChI is InChI=1S/C30H37FN2.C2H6.CH3NO/c1-23(2)6-7-25-18-26(20-29(31)19-25)10-14-30-15-13-28(21-32-30)27-11-8-24(9-12-27)22-33-16-4-3-5-17-33;1-2;2-1-3/h8-9,11-13,15,18-21,23H,3-7,10,14,16-17,22H2,1-2H3;1-2H3;1H,(H2,2,3). The molecule has 3 aromatic rings. The van der Waals surface area contributed by atoms with Crippen LogP contribution >= 0.6 is 0 Å². The van der Waals surface area contributed by atoms with Crippen LogP contribution in [0, 0.1) is 11.7 Å². The third-order valence-electron chi connectivity index (χ3n) is 6.66. The molecule has 38 heavy (non-hydrogen) atoms. The number of hydrogen-bond acceptors (Lipinski definition) is 3. The van der Waals surface area contributed by atoms with Gasteiger partial charge in [-0.1, -0.05) is 70.5 Å². The van der Waals surface area contributed by atoms with Crippen molar-refractivity contribution in [2.45, 2.75) is 79.2 Å². The van der Waals surface area contributed by atoms with E-state index >= 15 is 0 Å². The van der Waals surface area contributed by atoms with E-state index in [1.807, 2.05) is 20.0 Å². The van der Waals surface area contributed by atoms with Gasteiger partial charge >= 0.3 is 0 Å². The zero-order valence-corrected chi connectivity index (χ0v) is 23.8. The smallest absolute Gasteiger partial charge is 0.204 e. The highest BCUT2D eigenvalue weighted by Gasteiger charge is 2.10. The maximum absolute atomic E-state index is 14.1. The lowest BCUT2D eigenvalue weighted by Crippen LogP contribution is -2.28. The Morgan fingerprint density at radius 2 is 1.47 bits per heavy atom. The van der Waals surface area contributed by atoms with E-state index in [9.17, 15) is 4.39 Å². The van der Waals surface area contributed by atoms with Gasteiger partial charge in [-0.2, -0.15) is 0 Å². The van der Waals surface area contributed by atoms with E-state index in [-0.39, 0.29) is 12.2 Å². The number of halogens is 1. The maximum Gasteiger partial charge on any atom is 0.204 e. The second-order valence-corrected chi connectivity index (χ2v) is 10.1. The average molecular weight is 520 g/mol. The molecule has 0 bridgehead atoms. The molecule has 5 heteroatoms. The van der Waals surface area contributed by atoms with Gasteiger partial charge in [0.1, 0.15) is 5.82 Å². The van der Waals surface area contributed by atoms with Crippen LogP contribution < -0.4 is 5.73 Å². The normalized spacial score (nSPS) is 13.2. The maximum atomic E-state index is 14.1. The molecule has 2 heterocycles. The summed E-state index contributed by atoms with van der Waals surface area (Å²) < 4.78 is 14.1. The van der Waals surface area contributed by atoms with Gasteiger partial charge < -0.3 is 5.73 Å². The number of pyridine rings is 1. The number of nitrogens with zero attached hydrogens (tertiary/aromatic N) is 2. The molecule has 0 atom stereocenters. The van der Waals surface area contributed by atoms with Crippen LogP contribution in [0.3, 0.4) is 0 Å². The summed E-state index contributed by atoms with van der Waals surface area (Å²) in [5.74, 6) is 0.503. The predicted molar refractivity (Wildman–Crippen MR) is 157 cm³/mol. The molecule has 1 aliphatic rings. The van der Waals surface area contributed by atoms with Gasteiger partial charge in [-0.05, 0) is 98.0 Å². The molecule has 0 radical (unpaired) electrons. The first-order valence-corrected chi connectivity index (χ1v) is 14.2. The van der Waals surface area contributed by atoms with Crippen LogP contribution in [0.5, 0.6) is 0 Å². The second-order valence-electron chi connectivity index (χ2n) is 10.1. The Hall–Kier alpha value is -3.05. The number of carbonyl (C=O) groups excluding carboxylic acids is 1. The lowest BCUT2D eigenvalue weighted by atomic mass is 9.99. The van der Waals surface area contributed by atoms with Gasteiger partial charge in [0, 0.05) is 24.0 Å². The number of benzene rings is 2. The van der Waals surface area contributed by atoms with E-state index < -0.39 is 0 Å². The molecule has 1 amide bonds. The molecule has 206 valence electrons. The van der Waals surface area contributed by atoms with Crippen molar-refractivity contribution in [3.05, 3.63) is 89.0 Å². The van der Waals surface area contributed by atoms with E-state index in [0.29, 0.717) is 5.92 Å². The number of aromatic nitrogens is 1. The predicted octanol–water partition coefficient (Wildman–Crippen LogP) is 7.38. The van der Waals surface area contributed by atoms with Crippen molar-refractivity contribution in [3.8, 4) is 11.1 Å². The Balaban J connectivity index is 0.000000947. The Bertz CT molecular complexity index is 1060. The number of amides is 1. The zero-order chi connectivity index (χ0) is 27.8. The number of rotatable bonds is 9. The average Bonchev–Trinajstić information content (AvgIpc) is 2.93. The monoisotopic (exact) mass is 519 g/mol. The first kappa shape index (κ1) is 31.2. The Kier molecular flexibility index (Phi) is 14.3. The highest BCUT2D eigenvalue weighted by atomic mass is 19.1. The fraction of sp³-hybridized carbons (Fsp3) is 0.455. The number of carbonyl (C=O) groups is 1. The number of likely N-dealkylation sites (tertiary alicyclic amines) is 1. The van der Waals surface area contributed by atoms with Crippen LogP contribution in [0.2, 0.25) is 0 Å². The summed E-state index contributed by atoms with van der Waals surface area (Å²) >= 11 is 0. The number of aryl methyl sites for hydroxylation is 3. The third kappa shape index (κ3) is 11.1. The van der Waals surface area contributed by atoms with Crippen LogP contribution in [0.25, 0.3) is 11.1 Å². The minimum absolute atomic E-state index is 0.127. The summed E-state index contributed by atoms with van der Waals surface area (Å²) in [5.41, 5.74) is 11.1. The number of primary amides is 1. The lowest BCUT2D eigenvalue weighted by molar-refractivity contribution is -0.106. The largest absolute Gasteiger partial charge is 0.372 e. The number of piperidine rings is 1.